The maximum absolute atomic E-state index is 2.63. The average Bonchev–Trinajstić information content (AvgIpc) is 3.40. The van der Waals surface area contributed by atoms with Crippen molar-refractivity contribution in [1.82, 2.24) is 0 Å². The van der Waals surface area contributed by atoms with Crippen LogP contribution in [0.15, 0.2) is 146 Å². The number of anilines is 4. The van der Waals surface area contributed by atoms with Crippen LogP contribution in [0.5, 0.6) is 0 Å². The fraction of sp³-hybridized carbons (Fsp3) is 0.240. The molecule has 2 nitrogen and oxygen atoms in total. The highest BCUT2D eigenvalue weighted by molar-refractivity contribution is 6.21. The maximum Gasteiger partial charge on any atom is 0.0518 e. The van der Waals surface area contributed by atoms with Crippen LogP contribution in [-0.2, 0) is 10.8 Å². The van der Waals surface area contributed by atoms with Gasteiger partial charge < -0.3 is 9.80 Å². The molecular formula is C50H44N2. The van der Waals surface area contributed by atoms with Crippen LogP contribution in [0.1, 0.15) is 64.5 Å². The van der Waals surface area contributed by atoms with Gasteiger partial charge in [0.2, 0.25) is 0 Å². The lowest BCUT2D eigenvalue weighted by Gasteiger charge is -2.56. The Hall–Kier alpha value is -5.34. The second-order valence-corrected chi connectivity index (χ2v) is 16.9. The van der Waals surface area contributed by atoms with E-state index < -0.39 is 0 Å². The first-order chi connectivity index (χ1) is 25.3. The first-order valence-corrected chi connectivity index (χ1v) is 19.2. The molecule has 2 saturated carbocycles. The highest BCUT2D eigenvalue weighted by atomic mass is 15.3. The molecule has 2 fully saturated rings. The zero-order chi connectivity index (χ0) is 35.0. The monoisotopic (exact) mass is 672 g/mol. The maximum atomic E-state index is 2.63. The smallest absolute Gasteiger partial charge is 0.0518 e. The van der Waals surface area contributed by atoms with Gasteiger partial charge >= 0.3 is 0 Å². The van der Waals surface area contributed by atoms with Crippen LogP contribution in [-0.4, -0.2) is 11.1 Å². The second kappa shape index (κ2) is 10.2. The molecule has 0 aromatic heterocycles. The van der Waals surface area contributed by atoms with Gasteiger partial charge in [-0.15, -0.1) is 0 Å². The number of fused-ring (bicyclic) bond motifs is 8. The van der Waals surface area contributed by atoms with Crippen molar-refractivity contribution in [3.05, 3.63) is 157 Å². The van der Waals surface area contributed by atoms with Crippen molar-refractivity contribution in [3.8, 4) is 22.3 Å². The van der Waals surface area contributed by atoms with Crippen LogP contribution in [0.3, 0.4) is 0 Å². The van der Waals surface area contributed by atoms with Crippen LogP contribution in [0.4, 0.5) is 22.7 Å². The lowest BCUT2D eigenvalue weighted by molar-refractivity contribution is 0.133. The van der Waals surface area contributed by atoms with E-state index in [2.05, 4.69) is 183 Å². The molecule has 7 aromatic rings. The van der Waals surface area contributed by atoms with Crippen molar-refractivity contribution in [2.45, 2.75) is 75.3 Å². The molecule has 11 rings (SSSR count). The predicted molar refractivity (Wildman–Crippen MR) is 219 cm³/mol. The molecule has 0 N–H and O–H groups in total. The molecule has 2 heteroatoms. The van der Waals surface area contributed by atoms with E-state index in [-0.39, 0.29) is 21.9 Å². The van der Waals surface area contributed by atoms with Gasteiger partial charge in [0, 0.05) is 33.6 Å². The van der Waals surface area contributed by atoms with Crippen molar-refractivity contribution >= 4 is 44.3 Å². The van der Waals surface area contributed by atoms with Crippen LogP contribution < -0.4 is 9.80 Å². The largest absolute Gasteiger partial charge is 0.334 e. The average molecular weight is 673 g/mol. The van der Waals surface area contributed by atoms with Gasteiger partial charge in [0.05, 0.1) is 11.1 Å². The lowest BCUT2D eigenvalue weighted by atomic mass is 9.55. The van der Waals surface area contributed by atoms with Crippen molar-refractivity contribution in [2.24, 2.45) is 0 Å². The summed E-state index contributed by atoms with van der Waals surface area (Å²) in [5, 5.41) is 5.28. The molecule has 0 amide bonds. The molecule has 0 radical (unpaired) electrons. The number of hydrogen-bond acceptors (Lipinski definition) is 2. The Bertz CT molecular complexity index is 2370. The summed E-state index contributed by atoms with van der Waals surface area (Å²) >= 11 is 0. The van der Waals surface area contributed by atoms with Gasteiger partial charge in [-0.2, -0.15) is 0 Å². The van der Waals surface area contributed by atoms with E-state index in [9.17, 15) is 0 Å². The van der Waals surface area contributed by atoms with E-state index in [0.29, 0.717) is 0 Å². The van der Waals surface area contributed by atoms with Crippen LogP contribution in [0.25, 0.3) is 43.8 Å². The van der Waals surface area contributed by atoms with Crippen molar-refractivity contribution in [1.29, 1.82) is 0 Å². The third kappa shape index (κ3) is 3.56. The van der Waals surface area contributed by atoms with Crippen LogP contribution in [0, 0.1) is 0 Å². The van der Waals surface area contributed by atoms with E-state index in [4.69, 9.17) is 0 Å². The molecule has 2 aliphatic heterocycles. The molecule has 7 aromatic carbocycles. The Morgan fingerprint density at radius 3 is 1.06 bits per heavy atom. The molecular weight excluding hydrogens is 629 g/mol. The summed E-state index contributed by atoms with van der Waals surface area (Å²) in [5.74, 6) is 0. The summed E-state index contributed by atoms with van der Waals surface area (Å²) in [5.41, 5.74) is 13.9. The zero-order valence-corrected chi connectivity index (χ0v) is 30.6. The summed E-state index contributed by atoms with van der Waals surface area (Å²) in [7, 11) is 0. The van der Waals surface area contributed by atoms with E-state index in [1.807, 2.05) is 0 Å². The molecule has 0 bridgehead atoms. The van der Waals surface area contributed by atoms with Crippen molar-refractivity contribution < 1.29 is 0 Å². The Morgan fingerprint density at radius 2 is 0.731 bits per heavy atom. The first-order valence-electron chi connectivity index (χ1n) is 19.2. The van der Waals surface area contributed by atoms with Gasteiger partial charge in [-0.1, -0.05) is 111 Å². The van der Waals surface area contributed by atoms with E-state index in [1.165, 1.54) is 103 Å². The van der Waals surface area contributed by atoms with Crippen LogP contribution >= 0.6 is 0 Å². The zero-order valence-electron chi connectivity index (χ0n) is 30.6. The predicted octanol–water partition coefficient (Wildman–Crippen LogP) is 13.3. The molecule has 4 unspecified atom stereocenters. The van der Waals surface area contributed by atoms with Crippen molar-refractivity contribution in [2.75, 3.05) is 9.80 Å². The quantitative estimate of drug-likeness (QED) is 0.172. The van der Waals surface area contributed by atoms with Gasteiger partial charge in [0.25, 0.3) is 0 Å². The summed E-state index contributed by atoms with van der Waals surface area (Å²) in [6.45, 7) is 9.96. The van der Waals surface area contributed by atoms with E-state index in [1.54, 1.807) is 0 Å². The van der Waals surface area contributed by atoms with Gasteiger partial charge in [0.15, 0.2) is 0 Å². The minimum absolute atomic E-state index is 0.0696. The Morgan fingerprint density at radius 1 is 0.385 bits per heavy atom. The lowest BCUT2D eigenvalue weighted by Crippen LogP contribution is -2.60. The van der Waals surface area contributed by atoms with E-state index >= 15 is 0 Å². The molecule has 2 aliphatic carbocycles. The molecule has 4 aliphatic rings. The molecule has 2 heterocycles. The molecule has 52 heavy (non-hydrogen) atoms. The molecule has 0 saturated heterocycles. The van der Waals surface area contributed by atoms with E-state index in [0.717, 1.165) is 0 Å². The van der Waals surface area contributed by atoms with Crippen LogP contribution in [0.2, 0.25) is 0 Å². The van der Waals surface area contributed by atoms with Gasteiger partial charge in [-0.3, -0.25) is 0 Å². The number of nitrogens with zero attached hydrogens (tertiary/aromatic N) is 2. The normalized spacial score (nSPS) is 26.8. The van der Waals surface area contributed by atoms with Gasteiger partial charge in [0.1, 0.15) is 0 Å². The fourth-order valence-electron chi connectivity index (χ4n) is 11.2. The fourth-order valence-corrected chi connectivity index (χ4v) is 11.2. The minimum atomic E-state index is 0.0696. The van der Waals surface area contributed by atoms with Gasteiger partial charge in [-0.05, 0) is 143 Å². The summed E-state index contributed by atoms with van der Waals surface area (Å²) in [4.78, 5) is 5.27. The van der Waals surface area contributed by atoms with Crippen molar-refractivity contribution in [3.63, 3.8) is 0 Å². The number of hydrogen-bond donors (Lipinski definition) is 0. The second-order valence-electron chi connectivity index (χ2n) is 16.9. The summed E-state index contributed by atoms with van der Waals surface area (Å²) < 4.78 is 0. The SMILES string of the molecule is CC12CCC1(C)N(c1ccccc1)c1ccc(-c3c4ccccc4c(-c4ccc5c(c4)C4(C)CCC4(C)N5c4ccccc4)c4ccccc34)cc12. The Balaban J connectivity index is 1.12. The first kappa shape index (κ1) is 30.3. The third-order valence-electron chi connectivity index (χ3n) is 14.8. The number of para-hydroxylation sites is 2. The summed E-state index contributed by atoms with van der Waals surface area (Å²) in [6.07, 6.45) is 4.82. The van der Waals surface area contributed by atoms with Gasteiger partial charge in [-0.25, -0.2) is 0 Å². The standard InChI is InChI=1S/C50H44N2/c1-47-27-29-49(47,3)51(35-15-7-5-8-16-35)43-25-23-33(31-41(43)47)45-37-19-11-13-21-39(37)46(40-22-14-12-20-38(40)45)34-24-26-44-42(32-34)48(2)28-30-50(48,4)52(44)36-17-9-6-10-18-36/h5-26,31-32H,27-30H2,1-4H3. The summed E-state index contributed by atoms with van der Waals surface area (Å²) in [6, 6.07) is 55.1. The minimum Gasteiger partial charge on any atom is -0.334 e. The molecule has 0 spiro atoms. The molecule has 4 atom stereocenters. The topological polar surface area (TPSA) is 6.48 Å². The number of rotatable bonds is 4. The highest BCUT2D eigenvalue weighted by Gasteiger charge is 2.64. The third-order valence-corrected chi connectivity index (χ3v) is 14.8. The number of benzene rings is 7. The molecule has 254 valence electrons. The highest BCUT2D eigenvalue weighted by Crippen LogP contribution is 2.67. The Labute approximate surface area is 307 Å². The Kier molecular flexibility index (Phi) is 5.92.